The number of carbonyl (C=O) groups is 2. The minimum atomic E-state index is -1.09. The Morgan fingerprint density at radius 3 is 2.33 bits per heavy atom. The van der Waals surface area contributed by atoms with Gasteiger partial charge in [0.05, 0.1) is 6.54 Å². The van der Waals surface area contributed by atoms with Gasteiger partial charge >= 0.3 is 12.0 Å². The van der Waals surface area contributed by atoms with Crippen molar-refractivity contribution in [2.45, 2.75) is 18.8 Å². The van der Waals surface area contributed by atoms with Crippen molar-refractivity contribution in [3.8, 4) is 0 Å². The van der Waals surface area contributed by atoms with Crippen LogP contribution in [0, 0.1) is 0 Å². The summed E-state index contributed by atoms with van der Waals surface area (Å²) < 4.78 is 9.83. The molecule has 1 aromatic rings. The molecular weight excluding hydrogens is 276 g/mol. The summed E-state index contributed by atoms with van der Waals surface area (Å²) in [4.78, 5) is 22.9. The van der Waals surface area contributed by atoms with Crippen molar-refractivity contribution in [2.75, 3.05) is 20.8 Å². The molecule has 1 atom stereocenters. The molecule has 0 spiro atoms. The van der Waals surface area contributed by atoms with Gasteiger partial charge in [0.1, 0.15) is 6.04 Å². The van der Waals surface area contributed by atoms with Crippen molar-refractivity contribution in [3.63, 3.8) is 0 Å². The first-order valence-electron chi connectivity index (χ1n) is 6.43. The second kappa shape index (κ2) is 8.93. The van der Waals surface area contributed by atoms with Crippen LogP contribution in [0.25, 0.3) is 0 Å². The molecule has 0 aliphatic rings. The number of carbonyl (C=O) groups excluding carboxylic acids is 1. The average molecular weight is 296 g/mol. The summed E-state index contributed by atoms with van der Waals surface area (Å²) in [5.74, 6) is -1.09. The lowest BCUT2D eigenvalue weighted by molar-refractivity contribution is -0.139. The van der Waals surface area contributed by atoms with Crippen LogP contribution in [0.2, 0.25) is 0 Å². The molecule has 0 radical (unpaired) electrons. The molecule has 0 saturated heterocycles. The zero-order chi connectivity index (χ0) is 15.7. The molecule has 21 heavy (non-hydrogen) atoms. The summed E-state index contributed by atoms with van der Waals surface area (Å²) in [6.07, 6.45) is -0.366. The van der Waals surface area contributed by atoms with Gasteiger partial charge in [-0.05, 0) is 5.56 Å². The van der Waals surface area contributed by atoms with Crippen LogP contribution in [0.15, 0.2) is 30.3 Å². The molecule has 0 aliphatic heterocycles. The van der Waals surface area contributed by atoms with Crippen LogP contribution in [0.3, 0.4) is 0 Å². The first kappa shape index (κ1) is 16.9. The Balaban J connectivity index is 2.50. The second-order valence-electron chi connectivity index (χ2n) is 4.34. The molecule has 0 aliphatic carbocycles. The molecule has 3 N–H and O–H groups in total. The monoisotopic (exact) mass is 296 g/mol. The third-order valence-corrected chi connectivity index (χ3v) is 2.84. The van der Waals surface area contributed by atoms with Crippen molar-refractivity contribution in [3.05, 3.63) is 35.9 Å². The normalized spacial score (nSPS) is 12.0. The molecule has 0 bridgehead atoms. The number of carboxylic acids is 1. The van der Waals surface area contributed by atoms with Gasteiger partial charge < -0.3 is 25.2 Å². The standard InChI is InChI=1S/C14H20N2O5/c1-20-12(21-2)9-15-14(19)16-11(13(17)18)8-10-6-4-3-5-7-10/h3-7,11-12H,8-9H2,1-2H3,(H,17,18)(H2,15,16,19). The summed E-state index contributed by atoms with van der Waals surface area (Å²) in [7, 11) is 2.90. The fraction of sp³-hybridized carbons (Fsp3) is 0.429. The zero-order valence-corrected chi connectivity index (χ0v) is 12.0. The molecule has 0 fully saturated rings. The zero-order valence-electron chi connectivity index (χ0n) is 12.0. The predicted octanol–water partition coefficient (Wildman–Crippen LogP) is 0.600. The van der Waals surface area contributed by atoms with Gasteiger partial charge in [0, 0.05) is 20.6 Å². The number of aliphatic carboxylic acids is 1. The van der Waals surface area contributed by atoms with Crippen molar-refractivity contribution in [2.24, 2.45) is 0 Å². The quantitative estimate of drug-likeness (QED) is 0.610. The number of benzene rings is 1. The molecule has 0 aromatic heterocycles. The van der Waals surface area contributed by atoms with E-state index in [4.69, 9.17) is 14.6 Å². The summed E-state index contributed by atoms with van der Waals surface area (Å²) in [6, 6.07) is 7.50. The number of hydrogen-bond acceptors (Lipinski definition) is 4. The third-order valence-electron chi connectivity index (χ3n) is 2.84. The van der Waals surface area contributed by atoms with Crippen LogP contribution in [0.4, 0.5) is 4.79 Å². The maximum atomic E-state index is 11.7. The molecule has 2 amide bonds. The Labute approximate surface area is 123 Å². The van der Waals surface area contributed by atoms with Gasteiger partial charge in [0.15, 0.2) is 6.29 Å². The van der Waals surface area contributed by atoms with Crippen molar-refractivity contribution < 1.29 is 24.2 Å². The van der Waals surface area contributed by atoms with E-state index < -0.39 is 24.3 Å². The van der Waals surface area contributed by atoms with Gasteiger partial charge in [0.25, 0.3) is 0 Å². The minimum absolute atomic E-state index is 0.122. The van der Waals surface area contributed by atoms with Gasteiger partial charge in [-0.15, -0.1) is 0 Å². The third kappa shape index (κ3) is 6.24. The molecule has 7 heteroatoms. The van der Waals surface area contributed by atoms with E-state index in [9.17, 15) is 9.59 Å². The van der Waals surface area contributed by atoms with E-state index in [-0.39, 0.29) is 13.0 Å². The number of amides is 2. The highest BCUT2D eigenvalue weighted by molar-refractivity contribution is 5.82. The molecule has 1 aromatic carbocycles. The van der Waals surface area contributed by atoms with Crippen molar-refractivity contribution in [1.82, 2.24) is 10.6 Å². The van der Waals surface area contributed by atoms with Crippen molar-refractivity contribution in [1.29, 1.82) is 0 Å². The van der Waals surface area contributed by atoms with E-state index in [1.807, 2.05) is 18.2 Å². The highest BCUT2D eigenvalue weighted by atomic mass is 16.7. The van der Waals surface area contributed by atoms with Crippen LogP contribution in [-0.2, 0) is 20.7 Å². The van der Waals surface area contributed by atoms with Gasteiger partial charge in [0.2, 0.25) is 0 Å². The lowest BCUT2D eigenvalue weighted by Crippen LogP contribution is -2.48. The molecule has 0 heterocycles. The SMILES string of the molecule is COC(CNC(=O)NC(Cc1ccccc1)C(=O)O)OC. The molecule has 7 nitrogen and oxygen atoms in total. The first-order valence-corrected chi connectivity index (χ1v) is 6.43. The number of nitrogens with one attached hydrogen (secondary N) is 2. The number of rotatable bonds is 8. The number of urea groups is 1. The number of carboxylic acid groups (broad SMARTS) is 1. The second-order valence-corrected chi connectivity index (χ2v) is 4.34. The maximum absolute atomic E-state index is 11.7. The maximum Gasteiger partial charge on any atom is 0.326 e. The highest BCUT2D eigenvalue weighted by Gasteiger charge is 2.20. The van der Waals surface area contributed by atoms with E-state index >= 15 is 0 Å². The van der Waals surface area contributed by atoms with Crippen LogP contribution in [0.5, 0.6) is 0 Å². The van der Waals surface area contributed by atoms with Gasteiger partial charge in [-0.2, -0.15) is 0 Å². The van der Waals surface area contributed by atoms with Crippen molar-refractivity contribution >= 4 is 12.0 Å². The molecule has 1 unspecified atom stereocenters. The number of ether oxygens (including phenoxy) is 2. The first-order chi connectivity index (χ1) is 10.1. The minimum Gasteiger partial charge on any atom is -0.480 e. The Kier molecular flexibility index (Phi) is 7.20. The summed E-state index contributed by atoms with van der Waals surface area (Å²) in [6.45, 7) is 0.122. The summed E-state index contributed by atoms with van der Waals surface area (Å²) in [5, 5.41) is 14.1. The van der Waals surface area contributed by atoms with E-state index in [2.05, 4.69) is 10.6 Å². The summed E-state index contributed by atoms with van der Waals surface area (Å²) in [5.41, 5.74) is 0.830. The molecule has 0 saturated carbocycles. The van der Waals surface area contributed by atoms with Crippen LogP contribution in [0.1, 0.15) is 5.56 Å². The fourth-order valence-corrected chi connectivity index (χ4v) is 1.70. The predicted molar refractivity (Wildman–Crippen MR) is 75.9 cm³/mol. The van der Waals surface area contributed by atoms with Gasteiger partial charge in [-0.1, -0.05) is 30.3 Å². The number of hydrogen-bond donors (Lipinski definition) is 3. The largest absolute Gasteiger partial charge is 0.480 e. The lowest BCUT2D eigenvalue weighted by atomic mass is 10.1. The Hall–Kier alpha value is -2.12. The van der Waals surface area contributed by atoms with E-state index in [1.54, 1.807) is 12.1 Å². The summed E-state index contributed by atoms with van der Waals surface area (Å²) >= 11 is 0. The Morgan fingerprint density at radius 1 is 1.19 bits per heavy atom. The lowest BCUT2D eigenvalue weighted by Gasteiger charge is -2.17. The fourth-order valence-electron chi connectivity index (χ4n) is 1.70. The van der Waals surface area contributed by atoms with E-state index in [1.165, 1.54) is 14.2 Å². The van der Waals surface area contributed by atoms with Crippen LogP contribution < -0.4 is 10.6 Å². The van der Waals surface area contributed by atoms with E-state index in [0.29, 0.717) is 0 Å². The molecule has 1 rings (SSSR count). The topological polar surface area (TPSA) is 96.9 Å². The molecular formula is C14H20N2O5. The Bertz CT molecular complexity index is 448. The van der Waals surface area contributed by atoms with Crippen LogP contribution >= 0.6 is 0 Å². The number of methoxy groups -OCH3 is 2. The van der Waals surface area contributed by atoms with Gasteiger partial charge in [-0.3, -0.25) is 0 Å². The van der Waals surface area contributed by atoms with E-state index in [0.717, 1.165) is 5.56 Å². The van der Waals surface area contributed by atoms with Gasteiger partial charge in [-0.25, -0.2) is 9.59 Å². The van der Waals surface area contributed by atoms with Crippen LogP contribution in [-0.4, -0.2) is 50.2 Å². The average Bonchev–Trinajstić information content (AvgIpc) is 2.48. The highest BCUT2D eigenvalue weighted by Crippen LogP contribution is 2.03. The molecule has 116 valence electrons. The Morgan fingerprint density at radius 2 is 1.81 bits per heavy atom. The smallest absolute Gasteiger partial charge is 0.326 e.